The highest BCUT2D eigenvalue weighted by molar-refractivity contribution is 9.10. The maximum Gasteiger partial charge on any atom is 0.251 e. The monoisotopic (exact) mass is 480 g/mol. The SMILES string of the molecule is CN(C)c1cc(N[C@H]2CC[C@@H](CNC(=O)c3cccc(Br)c3)CC2)nc2ccccc12. The molecule has 0 saturated heterocycles. The summed E-state index contributed by atoms with van der Waals surface area (Å²) in [5.74, 6) is 1.46. The number of fused-ring (bicyclic) bond motifs is 1. The van der Waals surface area contributed by atoms with Crippen molar-refractivity contribution in [2.45, 2.75) is 31.7 Å². The molecule has 0 spiro atoms. The van der Waals surface area contributed by atoms with Crippen LogP contribution in [0.3, 0.4) is 0 Å². The Labute approximate surface area is 192 Å². The minimum absolute atomic E-state index is 0.00173. The van der Waals surface area contributed by atoms with Crippen LogP contribution in [0.25, 0.3) is 10.9 Å². The molecule has 2 aromatic carbocycles. The number of aromatic nitrogens is 1. The van der Waals surface area contributed by atoms with Crippen molar-refractivity contribution >= 4 is 44.2 Å². The van der Waals surface area contributed by atoms with Crippen LogP contribution in [0, 0.1) is 5.92 Å². The smallest absolute Gasteiger partial charge is 0.251 e. The molecule has 6 heteroatoms. The van der Waals surface area contributed by atoms with Crippen LogP contribution in [0.2, 0.25) is 0 Å². The predicted molar refractivity (Wildman–Crippen MR) is 132 cm³/mol. The number of carbonyl (C=O) groups excluding carboxylic acids is 1. The number of halogens is 1. The minimum atomic E-state index is -0.00173. The van der Waals surface area contributed by atoms with E-state index in [4.69, 9.17) is 4.98 Å². The fourth-order valence-corrected chi connectivity index (χ4v) is 4.69. The van der Waals surface area contributed by atoms with E-state index < -0.39 is 0 Å². The first-order chi connectivity index (χ1) is 15.0. The zero-order chi connectivity index (χ0) is 21.8. The molecule has 162 valence electrons. The van der Waals surface area contributed by atoms with Crippen molar-refractivity contribution in [3.05, 3.63) is 64.6 Å². The Bertz CT molecular complexity index is 1060. The van der Waals surface area contributed by atoms with Crippen LogP contribution in [0.4, 0.5) is 11.5 Å². The number of rotatable bonds is 6. The lowest BCUT2D eigenvalue weighted by Crippen LogP contribution is -2.34. The summed E-state index contributed by atoms with van der Waals surface area (Å²) >= 11 is 3.42. The number of hydrogen-bond donors (Lipinski definition) is 2. The molecule has 1 aromatic heterocycles. The van der Waals surface area contributed by atoms with Gasteiger partial charge in [-0.1, -0.05) is 40.2 Å². The second-order valence-corrected chi connectivity index (χ2v) is 9.44. The van der Waals surface area contributed by atoms with E-state index in [1.807, 2.05) is 30.3 Å². The van der Waals surface area contributed by atoms with E-state index in [1.165, 1.54) is 11.1 Å². The van der Waals surface area contributed by atoms with Crippen molar-refractivity contribution in [2.75, 3.05) is 30.9 Å². The number of carbonyl (C=O) groups is 1. The zero-order valence-corrected chi connectivity index (χ0v) is 19.7. The van der Waals surface area contributed by atoms with Gasteiger partial charge < -0.3 is 15.5 Å². The molecule has 1 saturated carbocycles. The summed E-state index contributed by atoms with van der Waals surface area (Å²) < 4.78 is 0.923. The number of pyridine rings is 1. The molecule has 31 heavy (non-hydrogen) atoms. The fraction of sp³-hybridized carbons (Fsp3) is 0.360. The number of hydrogen-bond acceptors (Lipinski definition) is 4. The van der Waals surface area contributed by atoms with Crippen molar-refractivity contribution in [3.8, 4) is 0 Å². The van der Waals surface area contributed by atoms with Gasteiger partial charge in [0, 0.05) is 53.9 Å². The summed E-state index contributed by atoms with van der Waals surface area (Å²) in [6.07, 6.45) is 4.38. The molecule has 1 amide bonds. The lowest BCUT2D eigenvalue weighted by Gasteiger charge is -2.30. The first-order valence-corrected chi connectivity index (χ1v) is 11.7. The number of para-hydroxylation sites is 1. The van der Waals surface area contributed by atoms with Crippen LogP contribution >= 0.6 is 15.9 Å². The van der Waals surface area contributed by atoms with E-state index in [0.29, 0.717) is 17.5 Å². The minimum Gasteiger partial charge on any atom is -0.377 e. The van der Waals surface area contributed by atoms with E-state index in [-0.39, 0.29) is 5.91 Å². The number of anilines is 2. The summed E-state index contributed by atoms with van der Waals surface area (Å²) in [6, 6.07) is 18.4. The summed E-state index contributed by atoms with van der Waals surface area (Å²) in [5.41, 5.74) is 2.89. The Morgan fingerprint density at radius 3 is 2.58 bits per heavy atom. The Balaban J connectivity index is 1.32. The molecule has 1 fully saturated rings. The normalized spacial score (nSPS) is 18.5. The first kappa shape index (κ1) is 21.6. The van der Waals surface area contributed by atoms with Crippen LogP contribution in [-0.4, -0.2) is 37.6 Å². The quantitative estimate of drug-likeness (QED) is 0.491. The van der Waals surface area contributed by atoms with Crippen LogP contribution in [0.1, 0.15) is 36.0 Å². The molecule has 3 aromatic rings. The summed E-state index contributed by atoms with van der Waals surface area (Å²) in [5, 5.41) is 7.93. The summed E-state index contributed by atoms with van der Waals surface area (Å²) in [6.45, 7) is 0.733. The molecule has 0 radical (unpaired) electrons. The lowest BCUT2D eigenvalue weighted by molar-refractivity contribution is 0.0943. The third-order valence-electron chi connectivity index (χ3n) is 6.01. The standard InChI is InChI=1S/C25H29BrN4O/c1-30(2)23-15-24(29-22-9-4-3-8-21(22)23)28-20-12-10-17(11-13-20)16-27-25(31)18-6-5-7-19(26)14-18/h3-9,14-15,17,20H,10-13,16H2,1-2H3,(H,27,31)(H,28,29)/t17-,20+. The Morgan fingerprint density at radius 1 is 1.06 bits per heavy atom. The number of nitrogens with zero attached hydrogens (tertiary/aromatic N) is 2. The van der Waals surface area contributed by atoms with Gasteiger partial charge in [-0.05, 0) is 55.9 Å². The van der Waals surface area contributed by atoms with E-state index in [2.05, 4.69) is 69.8 Å². The van der Waals surface area contributed by atoms with E-state index in [0.717, 1.165) is 48.0 Å². The van der Waals surface area contributed by atoms with Crippen molar-refractivity contribution in [1.82, 2.24) is 10.3 Å². The molecule has 0 atom stereocenters. The van der Waals surface area contributed by atoms with Crippen LogP contribution in [-0.2, 0) is 0 Å². The van der Waals surface area contributed by atoms with Gasteiger partial charge >= 0.3 is 0 Å². The van der Waals surface area contributed by atoms with Crippen molar-refractivity contribution < 1.29 is 4.79 Å². The van der Waals surface area contributed by atoms with Crippen molar-refractivity contribution in [3.63, 3.8) is 0 Å². The van der Waals surface area contributed by atoms with Gasteiger partial charge in [0.1, 0.15) is 5.82 Å². The molecule has 0 bridgehead atoms. The second-order valence-electron chi connectivity index (χ2n) is 8.52. The second kappa shape index (κ2) is 9.69. The maximum atomic E-state index is 12.4. The number of benzene rings is 2. The van der Waals surface area contributed by atoms with Crippen LogP contribution in [0.15, 0.2) is 59.1 Å². The molecule has 1 heterocycles. The molecule has 0 aliphatic heterocycles. The van der Waals surface area contributed by atoms with Gasteiger partial charge in [-0.2, -0.15) is 0 Å². The summed E-state index contributed by atoms with van der Waals surface area (Å²) in [4.78, 5) is 19.4. The third kappa shape index (κ3) is 5.37. The predicted octanol–water partition coefficient (Wildman–Crippen LogP) is 5.46. The lowest BCUT2D eigenvalue weighted by atomic mass is 9.86. The molecular weight excluding hydrogens is 452 g/mol. The first-order valence-electron chi connectivity index (χ1n) is 10.9. The average Bonchev–Trinajstić information content (AvgIpc) is 2.77. The number of nitrogens with one attached hydrogen (secondary N) is 2. The molecule has 2 N–H and O–H groups in total. The van der Waals surface area contributed by atoms with Gasteiger partial charge in [0.2, 0.25) is 0 Å². The van der Waals surface area contributed by atoms with Crippen molar-refractivity contribution in [2.24, 2.45) is 5.92 Å². The fourth-order valence-electron chi connectivity index (χ4n) is 4.29. The molecule has 1 aliphatic carbocycles. The van der Waals surface area contributed by atoms with Gasteiger partial charge in [-0.25, -0.2) is 4.98 Å². The van der Waals surface area contributed by atoms with E-state index in [1.54, 1.807) is 0 Å². The molecule has 1 aliphatic rings. The molecule has 5 nitrogen and oxygen atoms in total. The van der Waals surface area contributed by atoms with Gasteiger partial charge in [0.05, 0.1) is 5.52 Å². The highest BCUT2D eigenvalue weighted by Crippen LogP contribution is 2.30. The van der Waals surface area contributed by atoms with Crippen LogP contribution < -0.4 is 15.5 Å². The zero-order valence-electron chi connectivity index (χ0n) is 18.1. The average molecular weight is 481 g/mol. The van der Waals surface area contributed by atoms with E-state index in [9.17, 15) is 4.79 Å². The van der Waals surface area contributed by atoms with E-state index >= 15 is 0 Å². The van der Waals surface area contributed by atoms with Gasteiger partial charge in [0.25, 0.3) is 5.91 Å². The number of amides is 1. The molecule has 0 unspecified atom stereocenters. The van der Waals surface area contributed by atoms with Gasteiger partial charge in [-0.3, -0.25) is 4.79 Å². The Kier molecular flexibility index (Phi) is 6.76. The third-order valence-corrected chi connectivity index (χ3v) is 6.51. The molecular formula is C25H29BrN4O. The Morgan fingerprint density at radius 2 is 1.84 bits per heavy atom. The molecule has 4 rings (SSSR count). The van der Waals surface area contributed by atoms with Crippen molar-refractivity contribution in [1.29, 1.82) is 0 Å². The topological polar surface area (TPSA) is 57.3 Å². The largest absolute Gasteiger partial charge is 0.377 e. The Hall–Kier alpha value is -2.60. The van der Waals surface area contributed by atoms with Gasteiger partial charge in [-0.15, -0.1) is 0 Å². The highest BCUT2D eigenvalue weighted by atomic mass is 79.9. The summed E-state index contributed by atoms with van der Waals surface area (Å²) in [7, 11) is 4.14. The van der Waals surface area contributed by atoms with Crippen LogP contribution in [0.5, 0.6) is 0 Å². The highest BCUT2D eigenvalue weighted by Gasteiger charge is 2.22. The maximum absolute atomic E-state index is 12.4. The van der Waals surface area contributed by atoms with Gasteiger partial charge in [0.15, 0.2) is 0 Å².